The number of aryl methyl sites for hydroxylation is 1. The number of rotatable bonds is 5. The van der Waals surface area contributed by atoms with Crippen LogP contribution in [0.3, 0.4) is 0 Å². The molecule has 0 spiro atoms. The van der Waals surface area contributed by atoms with Crippen molar-refractivity contribution in [2.45, 2.75) is 45.3 Å². The van der Waals surface area contributed by atoms with Crippen molar-refractivity contribution in [3.05, 3.63) is 53.9 Å². The molecule has 0 radical (unpaired) electrons. The molecule has 0 amide bonds. The van der Waals surface area contributed by atoms with E-state index < -0.39 is 0 Å². The van der Waals surface area contributed by atoms with E-state index in [0.717, 1.165) is 35.9 Å². The van der Waals surface area contributed by atoms with Crippen molar-refractivity contribution in [1.29, 1.82) is 0 Å². The summed E-state index contributed by atoms with van der Waals surface area (Å²) >= 11 is 0. The Bertz CT molecular complexity index is 929. The molecule has 1 aliphatic rings. The molecule has 0 atom stereocenters. The largest absolute Gasteiger partial charge is 0.444 e. The Labute approximate surface area is 164 Å². The molecule has 146 valence electrons. The lowest BCUT2D eigenvalue weighted by molar-refractivity contribution is 0.572. The average molecular weight is 379 g/mol. The van der Waals surface area contributed by atoms with E-state index in [1.165, 1.54) is 19.3 Å². The highest BCUT2D eigenvalue weighted by atomic mass is 16.3. The van der Waals surface area contributed by atoms with Crippen molar-refractivity contribution in [3.63, 3.8) is 0 Å². The number of hydrogen-bond acceptors (Lipinski definition) is 5. The highest BCUT2D eigenvalue weighted by Gasteiger charge is 2.15. The van der Waals surface area contributed by atoms with Crippen LogP contribution in [0.25, 0.3) is 11.5 Å². The van der Waals surface area contributed by atoms with Gasteiger partial charge in [-0.15, -0.1) is 10.2 Å². The number of oxazole rings is 1. The van der Waals surface area contributed by atoms with E-state index in [1.807, 2.05) is 30.3 Å². The van der Waals surface area contributed by atoms with E-state index in [0.29, 0.717) is 24.9 Å². The van der Waals surface area contributed by atoms with Gasteiger partial charge < -0.3 is 19.6 Å². The van der Waals surface area contributed by atoms with Crippen molar-refractivity contribution in [3.8, 4) is 11.5 Å². The maximum Gasteiger partial charge on any atom is 0.226 e. The van der Waals surface area contributed by atoms with Crippen molar-refractivity contribution in [2.24, 2.45) is 4.99 Å². The zero-order valence-electron chi connectivity index (χ0n) is 16.1. The van der Waals surface area contributed by atoms with E-state index in [1.54, 1.807) is 13.3 Å². The lowest BCUT2D eigenvalue weighted by Gasteiger charge is -2.11. The number of hydrogen-bond donors (Lipinski definition) is 2. The first-order valence-corrected chi connectivity index (χ1v) is 9.69. The summed E-state index contributed by atoms with van der Waals surface area (Å²) in [6.07, 6.45) is 6.30. The van der Waals surface area contributed by atoms with Crippen molar-refractivity contribution >= 4 is 5.96 Å². The van der Waals surface area contributed by atoms with E-state index >= 15 is 0 Å². The second-order valence-electron chi connectivity index (χ2n) is 6.78. The summed E-state index contributed by atoms with van der Waals surface area (Å²) in [5, 5.41) is 15.2. The molecule has 0 bridgehead atoms. The van der Waals surface area contributed by atoms with Gasteiger partial charge in [0.2, 0.25) is 5.89 Å². The molecule has 2 aromatic heterocycles. The van der Waals surface area contributed by atoms with E-state index in [4.69, 9.17) is 4.42 Å². The van der Waals surface area contributed by atoms with Crippen LogP contribution in [0.1, 0.15) is 36.6 Å². The molecule has 4 rings (SSSR count). The summed E-state index contributed by atoms with van der Waals surface area (Å²) < 4.78 is 7.81. The van der Waals surface area contributed by atoms with Crippen molar-refractivity contribution < 1.29 is 4.42 Å². The van der Waals surface area contributed by atoms with Gasteiger partial charge in [0.1, 0.15) is 12.1 Å². The molecule has 1 aromatic carbocycles. The first-order chi connectivity index (χ1) is 13.8. The first-order valence-electron chi connectivity index (χ1n) is 9.69. The van der Waals surface area contributed by atoms with Gasteiger partial charge in [-0.2, -0.15) is 0 Å². The molecule has 3 heterocycles. The lowest BCUT2D eigenvalue weighted by atomic mass is 10.2. The average Bonchev–Trinajstić information content (AvgIpc) is 3.29. The van der Waals surface area contributed by atoms with Gasteiger partial charge in [-0.3, -0.25) is 4.99 Å². The minimum atomic E-state index is 0.522. The van der Waals surface area contributed by atoms with Gasteiger partial charge in [0.15, 0.2) is 11.8 Å². The van der Waals surface area contributed by atoms with Crippen LogP contribution in [0, 0.1) is 0 Å². The summed E-state index contributed by atoms with van der Waals surface area (Å²) in [6.45, 7) is 2.10. The van der Waals surface area contributed by atoms with E-state index in [-0.39, 0.29) is 0 Å². The van der Waals surface area contributed by atoms with Crippen LogP contribution in [0.5, 0.6) is 0 Å². The van der Waals surface area contributed by atoms with Gasteiger partial charge in [-0.05, 0) is 25.0 Å². The minimum Gasteiger partial charge on any atom is -0.444 e. The Hall–Kier alpha value is -3.16. The number of aliphatic imine (C=N–C) groups is 1. The van der Waals surface area contributed by atoms with Gasteiger partial charge in [-0.25, -0.2) is 4.98 Å². The Morgan fingerprint density at radius 2 is 1.96 bits per heavy atom. The van der Waals surface area contributed by atoms with Crippen LogP contribution in [0.4, 0.5) is 0 Å². The van der Waals surface area contributed by atoms with Gasteiger partial charge in [0, 0.05) is 25.6 Å². The molecule has 8 heteroatoms. The van der Waals surface area contributed by atoms with E-state index in [2.05, 4.69) is 35.4 Å². The SMILES string of the molecule is CN=C(NCc1coc(-c2ccccc2)n1)NCc1nnc2n1CCCCC2. The van der Waals surface area contributed by atoms with Crippen LogP contribution < -0.4 is 10.6 Å². The number of guanidine groups is 1. The lowest BCUT2D eigenvalue weighted by Crippen LogP contribution is -2.37. The highest BCUT2D eigenvalue weighted by Crippen LogP contribution is 2.18. The Morgan fingerprint density at radius 1 is 1.11 bits per heavy atom. The third kappa shape index (κ3) is 4.21. The highest BCUT2D eigenvalue weighted by molar-refractivity contribution is 5.79. The topological polar surface area (TPSA) is 93.2 Å². The second-order valence-corrected chi connectivity index (χ2v) is 6.78. The molecule has 3 aromatic rings. The van der Waals surface area contributed by atoms with Gasteiger partial charge in [0.05, 0.1) is 18.8 Å². The smallest absolute Gasteiger partial charge is 0.226 e. The third-order valence-corrected chi connectivity index (χ3v) is 4.83. The van der Waals surface area contributed by atoms with Crippen LogP contribution in [-0.2, 0) is 26.1 Å². The molecule has 0 saturated carbocycles. The maximum absolute atomic E-state index is 5.58. The maximum atomic E-state index is 5.58. The fourth-order valence-electron chi connectivity index (χ4n) is 3.34. The van der Waals surface area contributed by atoms with Crippen LogP contribution in [0.2, 0.25) is 0 Å². The van der Waals surface area contributed by atoms with Crippen LogP contribution in [0.15, 0.2) is 46.0 Å². The summed E-state index contributed by atoms with van der Waals surface area (Å²) in [7, 11) is 1.75. The van der Waals surface area contributed by atoms with Crippen LogP contribution >= 0.6 is 0 Å². The zero-order valence-corrected chi connectivity index (χ0v) is 16.1. The van der Waals surface area contributed by atoms with Gasteiger partial charge in [0.25, 0.3) is 0 Å². The molecule has 0 aliphatic carbocycles. The number of nitrogens with one attached hydrogen (secondary N) is 2. The van der Waals surface area contributed by atoms with Gasteiger partial charge >= 0.3 is 0 Å². The Balaban J connectivity index is 1.32. The normalized spacial score (nSPS) is 14.4. The number of benzene rings is 1. The number of nitrogens with zero attached hydrogens (tertiary/aromatic N) is 5. The van der Waals surface area contributed by atoms with E-state index in [9.17, 15) is 0 Å². The molecule has 0 fully saturated rings. The molecule has 2 N–H and O–H groups in total. The molecule has 0 unspecified atom stereocenters. The summed E-state index contributed by atoms with van der Waals surface area (Å²) in [4.78, 5) is 8.80. The van der Waals surface area contributed by atoms with Gasteiger partial charge in [-0.1, -0.05) is 24.6 Å². The first kappa shape index (κ1) is 18.2. The quantitative estimate of drug-likeness (QED) is 0.523. The second kappa shape index (κ2) is 8.69. The molecule has 1 aliphatic heterocycles. The monoisotopic (exact) mass is 379 g/mol. The Morgan fingerprint density at radius 3 is 2.82 bits per heavy atom. The predicted octanol–water partition coefficient (Wildman–Crippen LogP) is 2.52. The van der Waals surface area contributed by atoms with Crippen molar-refractivity contribution in [1.82, 2.24) is 30.4 Å². The summed E-state index contributed by atoms with van der Waals surface area (Å²) in [5.41, 5.74) is 1.78. The zero-order chi connectivity index (χ0) is 19.2. The third-order valence-electron chi connectivity index (χ3n) is 4.83. The standard InChI is InChI=1S/C20H25N7O/c1-21-20(23-13-18-26-25-17-10-6-3-7-11-27(17)18)22-12-16-14-28-19(24-16)15-8-4-2-5-9-15/h2,4-5,8-9,14H,3,6-7,10-13H2,1H3,(H2,21,22,23). The molecule has 0 saturated heterocycles. The van der Waals surface area contributed by atoms with Crippen molar-refractivity contribution in [2.75, 3.05) is 7.05 Å². The molecule has 8 nitrogen and oxygen atoms in total. The fourth-order valence-corrected chi connectivity index (χ4v) is 3.34. The molecular weight excluding hydrogens is 354 g/mol. The summed E-state index contributed by atoms with van der Waals surface area (Å²) in [5.74, 6) is 3.35. The summed E-state index contributed by atoms with van der Waals surface area (Å²) in [6, 6.07) is 9.86. The molecule has 28 heavy (non-hydrogen) atoms. The fraction of sp³-hybridized carbons (Fsp3) is 0.400. The number of aromatic nitrogens is 4. The van der Waals surface area contributed by atoms with Crippen LogP contribution in [-0.4, -0.2) is 32.8 Å². The number of fused-ring (bicyclic) bond motifs is 1. The minimum absolute atomic E-state index is 0.522. The molecular formula is C20H25N7O. The Kier molecular flexibility index (Phi) is 5.65. The predicted molar refractivity (Wildman–Crippen MR) is 107 cm³/mol.